The van der Waals surface area contributed by atoms with E-state index in [1.807, 2.05) is 24.3 Å². The number of urea groups is 1. The summed E-state index contributed by atoms with van der Waals surface area (Å²) >= 11 is 6.11. The van der Waals surface area contributed by atoms with Gasteiger partial charge in [-0.1, -0.05) is 35.9 Å². The predicted octanol–water partition coefficient (Wildman–Crippen LogP) is 3.23. The molecule has 150 valence electrons. The Morgan fingerprint density at radius 1 is 1.24 bits per heavy atom. The molecule has 2 aliphatic heterocycles. The van der Waals surface area contributed by atoms with Crippen molar-refractivity contribution >= 4 is 35.1 Å². The lowest BCUT2D eigenvalue weighted by atomic mass is 9.92. The Morgan fingerprint density at radius 2 is 2.00 bits per heavy atom. The van der Waals surface area contributed by atoms with Gasteiger partial charge in [0.2, 0.25) is 5.91 Å². The monoisotopic (exact) mass is 415 g/mol. The SMILES string of the molecule is CC1(c2ccc(F)cc2Cl)NC(=O)N(CC(=O)N2CCCc3ccccc32)C1=O. The van der Waals surface area contributed by atoms with Gasteiger partial charge < -0.3 is 10.2 Å². The summed E-state index contributed by atoms with van der Waals surface area (Å²) < 4.78 is 13.4. The first-order valence-electron chi connectivity index (χ1n) is 9.29. The summed E-state index contributed by atoms with van der Waals surface area (Å²) in [6.45, 7) is 1.64. The summed E-state index contributed by atoms with van der Waals surface area (Å²) in [7, 11) is 0. The quantitative estimate of drug-likeness (QED) is 0.782. The predicted molar refractivity (Wildman–Crippen MR) is 106 cm³/mol. The van der Waals surface area contributed by atoms with Crippen molar-refractivity contribution in [1.82, 2.24) is 10.2 Å². The maximum atomic E-state index is 13.4. The number of nitrogens with one attached hydrogen (secondary N) is 1. The van der Waals surface area contributed by atoms with Crippen LogP contribution in [0.15, 0.2) is 42.5 Å². The highest BCUT2D eigenvalue weighted by atomic mass is 35.5. The Labute approximate surface area is 172 Å². The maximum absolute atomic E-state index is 13.4. The molecule has 0 aromatic heterocycles. The molecule has 1 unspecified atom stereocenters. The number of benzene rings is 2. The maximum Gasteiger partial charge on any atom is 0.325 e. The molecule has 0 bridgehead atoms. The summed E-state index contributed by atoms with van der Waals surface area (Å²) in [5, 5.41) is 2.62. The standard InChI is InChI=1S/C21H19ClFN3O3/c1-21(15-9-8-14(23)11-16(15)22)19(28)26(20(29)24-21)12-18(27)25-10-4-6-13-5-2-3-7-17(13)25/h2-3,5,7-9,11H,4,6,10,12H2,1H3,(H,24,29). The van der Waals surface area contributed by atoms with Crippen molar-refractivity contribution in [2.75, 3.05) is 18.0 Å². The van der Waals surface area contributed by atoms with E-state index in [1.165, 1.54) is 19.1 Å². The van der Waals surface area contributed by atoms with Gasteiger partial charge in [-0.25, -0.2) is 9.18 Å². The van der Waals surface area contributed by atoms with Crippen LogP contribution in [0.25, 0.3) is 0 Å². The summed E-state index contributed by atoms with van der Waals surface area (Å²) in [6, 6.07) is 10.5. The fourth-order valence-corrected chi connectivity index (χ4v) is 4.29. The van der Waals surface area contributed by atoms with E-state index in [1.54, 1.807) is 4.90 Å². The zero-order valence-corrected chi connectivity index (χ0v) is 16.5. The molecule has 0 radical (unpaired) electrons. The third-order valence-corrected chi connectivity index (χ3v) is 5.76. The molecule has 4 amide bonds. The van der Waals surface area contributed by atoms with Crippen LogP contribution in [0.2, 0.25) is 5.02 Å². The molecule has 2 aromatic rings. The zero-order chi connectivity index (χ0) is 20.8. The smallest absolute Gasteiger partial charge is 0.319 e. The number of hydrogen-bond donors (Lipinski definition) is 1. The van der Waals surface area contributed by atoms with Crippen LogP contribution in [0.4, 0.5) is 14.9 Å². The summed E-state index contributed by atoms with van der Waals surface area (Å²) in [5.41, 5.74) is 0.673. The summed E-state index contributed by atoms with van der Waals surface area (Å²) in [6.07, 6.45) is 1.69. The first-order valence-corrected chi connectivity index (χ1v) is 9.67. The summed E-state index contributed by atoms with van der Waals surface area (Å²) in [4.78, 5) is 41.0. The van der Waals surface area contributed by atoms with Gasteiger partial charge in [-0.15, -0.1) is 0 Å². The molecule has 4 rings (SSSR count). The number of carbonyl (C=O) groups excluding carboxylic acids is 3. The highest BCUT2D eigenvalue weighted by molar-refractivity contribution is 6.32. The molecular weight excluding hydrogens is 397 g/mol. The van der Waals surface area contributed by atoms with E-state index in [0.717, 1.165) is 35.1 Å². The van der Waals surface area contributed by atoms with Gasteiger partial charge in [-0.2, -0.15) is 0 Å². The molecule has 1 fully saturated rings. The number of nitrogens with zero attached hydrogens (tertiary/aromatic N) is 2. The number of halogens is 2. The second kappa shape index (κ2) is 7.15. The first-order chi connectivity index (χ1) is 13.8. The molecule has 1 atom stereocenters. The van der Waals surface area contributed by atoms with Crippen LogP contribution >= 0.6 is 11.6 Å². The molecule has 1 N–H and O–H groups in total. The van der Waals surface area contributed by atoms with Gasteiger partial charge in [0.25, 0.3) is 5.91 Å². The van der Waals surface area contributed by atoms with E-state index >= 15 is 0 Å². The Kier molecular flexibility index (Phi) is 4.78. The lowest BCUT2D eigenvalue weighted by Crippen LogP contribution is -2.46. The number of amides is 4. The minimum Gasteiger partial charge on any atom is -0.319 e. The number of aryl methyl sites for hydroxylation is 1. The van der Waals surface area contributed by atoms with E-state index in [0.29, 0.717) is 6.54 Å². The third-order valence-electron chi connectivity index (χ3n) is 5.45. The first kappa shape index (κ1) is 19.4. The molecule has 1 saturated heterocycles. The summed E-state index contributed by atoms with van der Waals surface area (Å²) in [5.74, 6) is -1.49. The topological polar surface area (TPSA) is 69.7 Å². The van der Waals surface area contributed by atoms with Crippen molar-refractivity contribution in [1.29, 1.82) is 0 Å². The Hall–Kier alpha value is -2.93. The number of hydrogen-bond acceptors (Lipinski definition) is 3. The fourth-order valence-electron chi connectivity index (χ4n) is 3.93. The minimum absolute atomic E-state index is 0.0271. The van der Waals surface area contributed by atoms with E-state index in [9.17, 15) is 18.8 Å². The van der Waals surface area contributed by atoms with Crippen molar-refractivity contribution in [2.24, 2.45) is 0 Å². The van der Waals surface area contributed by atoms with E-state index < -0.39 is 23.3 Å². The van der Waals surface area contributed by atoms with Crippen LogP contribution in [0.3, 0.4) is 0 Å². The lowest BCUT2D eigenvalue weighted by Gasteiger charge is -2.30. The molecule has 2 heterocycles. The molecule has 29 heavy (non-hydrogen) atoms. The Balaban J connectivity index is 1.58. The molecule has 2 aromatic carbocycles. The number of anilines is 1. The van der Waals surface area contributed by atoms with Crippen LogP contribution in [0.5, 0.6) is 0 Å². The minimum atomic E-state index is -1.47. The lowest BCUT2D eigenvalue weighted by molar-refractivity contribution is -0.134. The fraction of sp³-hybridized carbons (Fsp3) is 0.286. The third kappa shape index (κ3) is 3.25. The molecule has 0 saturated carbocycles. The average Bonchev–Trinajstić information content (AvgIpc) is 2.91. The highest BCUT2D eigenvalue weighted by Crippen LogP contribution is 2.34. The van der Waals surface area contributed by atoms with Crippen molar-refractivity contribution in [3.63, 3.8) is 0 Å². The molecule has 6 nitrogen and oxygen atoms in total. The molecule has 8 heteroatoms. The van der Waals surface area contributed by atoms with Gasteiger partial charge in [-0.05, 0) is 43.5 Å². The second-order valence-electron chi connectivity index (χ2n) is 7.35. The number of carbonyl (C=O) groups is 3. The Morgan fingerprint density at radius 3 is 2.76 bits per heavy atom. The number of para-hydroxylation sites is 1. The van der Waals surface area contributed by atoms with Crippen molar-refractivity contribution in [2.45, 2.75) is 25.3 Å². The van der Waals surface area contributed by atoms with Gasteiger partial charge >= 0.3 is 6.03 Å². The van der Waals surface area contributed by atoms with Crippen LogP contribution in [-0.2, 0) is 21.5 Å². The van der Waals surface area contributed by atoms with E-state index in [-0.39, 0.29) is 23.0 Å². The zero-order valence-electron chi connectivity index (χ0n) is 15.7. The van der Waals surface area contributed by atoms with Gasteiger partial charge in [-0.3, -0.25) is 14.5 Å². The van der Waals surface area contributed by atoms with Crippen LogP contribution in [0.1, 0.15) is 24.5 Å². The Bertz CT molecular complexity index is 1030. The molecular formula is C21H19ClFN3O3. The number of fused-ring (bicyclic) bond motifs is 1. The largest absolute Gasteiger partial charge is 0.325 e. The molecule has 2 aliphatic rings. The molecule has 0 spiro atoms. The number of rotatable bonds is 3. The molecule has 0 aliphatic carbocycles. The van der Waals surface area contributed by atoms with Crippen LogP contribution < -0.4 is 10.2 Å². The van der Waals surface area contributed by atoms with E-state index in [4.69, 9.17) is 11.6 Å². The van der Waals surface area contributed by atoms with Crippen LogP contribution in [0, 0.1) is 5.82 Å². The van der Waals surface area contributed by atoms with Gasteiger partial charge in [0.1, 0.15) is 17.9 Å². The number of imide groups is 1. The average molecular weight is 416 g/mol. The highest BCUT2D eigenvalue weighted by Gasteiger charge is 2.50. The van der Waals surface area contributed by atoms with Gasteiger partial charge in [0, 0.05) is 22.8 Å². The van der Waals surface area contributed by atoms with Crippen molar-refractivity contribution in [3.05, 3.63) is 64.4 Å². The van der Waals surface area contributed by atoms with Crippen LogP contribution in [-0.4, -0.2) is 35.8 Å². The van der Waals surface area contributed by atoms with Crippen molar-refractivity contribution < 1.29 is 18.8 Å². The van der Waals surface area contributed by atoms with E-state index in [2.05, 4.69) is 5.32 Å². The second-order valence-corrected chi connectivity index (χ2v) is 7.76. The van der Waals surface area contributed by atoms with Gasteiger partial charge in [0.05, 0.1) is 0 Å². The van der Waals surface area contributed by atoms with Crippen molar-refractivity contribution in [3.8, 4) is 0 Å². The van der Waals surface area contributed by atoms with Gasteiger partial charge in [0.15, 0.2) is 0 Å². The normalized spacial score (nSPS) is 21.2.